The summed E-state index contributed by atoms with van der Waals surface area (Å²) in [4.78, 5) is 14.2. The van der Waals surface area contributed by atoms with Crippen molar-refractivity contribution in [1.29, 1.82) is 0 Å². The summed E-state index contributed by atoms with van der Waals surface area (Å²) in [6, 6.07) is 10.2. The van der Waals surface area contributed by atoms with E-state index in [-0.39, 0.29) is 16.4 Å². The molecule has 2 N–H and O–H groups in total. The lowest BCUT2D eigenvalue weighted by Crippen LogP contribution is -2.45. The van der Waals surface area contributed by atoms with Crippen LogP contribution in [0.25, 0.3) is 0 Å². The first kappa shape index (κ1) is 19.7. The zero-order valence-electron chi connectivity index (χ0n) is 14.7. The fourth-order valence-corrected chi connectivity index (χ4v) is 3.59. The van der Waals surface area contributed by atoms with Gasteiger partial charge in [-0.3, -0.25) is 4.79 Å². The molecular formula is C20H21ClF2N2O2. The average molecular weight is 395 g/mol. The maximum Gasteiger partial charge on any atom is 0.255 e. The molecule has 0 unspecified atom stereocenters. The lowest BCUT2D eigenvalue weighted by Gasteiger charge is -2.38. The molecule has 2 aromatic carbocycles. The Morgan fingerprint density at radius 2 is 1.89 bits per heavy atom. The minimum Gasteiger partial charge on any atom is -0.385 e. The number of nitrogens with one attached hydrogen (secondary N) is 1. The highest BCUT2D eigenvalue weighted by Crippen LogP contribution is 2.32. The smallest absolute Gasteiger partial charge is 0.255 e. The molecule has 0 atom stereocenters. The van der Waals surface area contributed by atoms with Crippen molar-refractivity contribution < 1.29 is 18.7 Å². The minimum atomic E-state index is -1.04. The summed E-state index contributed by atoms with van der Waals surface area (Å²) in [7, 11) is 0. The number of hydrogen-bond acceptors (Lipinski definition) is 3. The van der Waals surface area contributed by atoms with Crippen molar-refractivity contribution in [3.05, 3.63) is 70.2 Å². The minimum absolute atomic E-state index is 0.0747. The number of hydrogen-bond donors (Lipinski definition) is 2. The third kappa shape index (κ3) is 4.64. The van der Waals surface area contributed by atoms with Crippen LogP contribution in [0.5, 0.6) is 0 Å². The van der Waals surface area contributed by atoms with Crippen molar-refractivity contribution in [2.24, 2.45) is 0 Å². The average Bonchev–Trinajstić information content (AvgIpc) is 2.63. The van der Waals surface area contributed by atoms with Crippen molar-refractivity contribution in [2.45, 2.75) is 18.4 Å². The molecule has 0 bridgehead atoms. The van der Waals surface area contributed by atoms with Gasteiger partial charge in [-0.25, -0.2) is 8.78 Å². The molecule has 2 aromatic rings. The molecule has 3 rings (SSSR count). The van der Waals surface area contributed by atoms with Gasteiger partial charge in [0.2, 0.25) is 0 Å². The van der Waals surface area contributed by atoms with Gasteiger partial charge in [0.05, 0.1) is 16.2 Å². The lowest BCUT2D eigenvalue weighted by atomic mass is 9.84. The highest BCUT2D eigenvalue weighted by molar-refractivity contribution is 6.33. The molecule has 0 radical (unpaired) electrons. The molecule has 1 aliphatic heterocycles. The first-order valence-electron chi connectivity index (χ1n) is 8.82. The third-order valence-electron chi connectivity index (χ3n) is 4.95. The van der Waals surface area contributed by atoms with Crippen LogP contribution in [0.1, 0.15) is 28.8 Å². The highest BCUT2D eigenvalue weighted by Gasteiger charge is 2.34. The van der Waals surface area contributed by atoms with E-state index < -0.39 is 17.3 Å². The van der Waals surface area contributed by atoms with Gasteiger partial charge in [-0.1, -0.05) is 29.8 Å². The Morgan fingerprint density at radius 3 is 2.56 bits per heavy atom. The number of likely N-dealkylation sites (tertiary alicyclic amines) is 1. The summed E-state index contributed by atoms with van der Waals surface area (Å²) in [6.45, 7) is 2.13. The molecule has 1 heterocycles. The van der Waals surface area contributed by atoms with Crippen LogP contribution in [0.3, 0.4) is 0 Å². The predicted octanol–water partition coefficient (Wildman–Crippen LogP) is 3.33. The van der Waals surface area contributed by atoms with Crippen LogP contribution in [0.15, 0.2) is 42.5 Å². The number of carbonyl (C=O) groups excluding carboxylic acids is 1. The van der Waals surface area contributed by atoms with Crippen LogP contribution in [-0.2, 0) is 5.60 Å². The van der Waals surface area contributed by atoms with Crippen molar-refractivity contribution in [3.8, 4) is 0 Å². The molecule has 0 aliphatic carbocycles. The molecule has 4 nitrogen and oxygen atoms in total. The molecular weight excluding hydrogens is 374 g/mol. The number of nitrogens with zero attached hydrogens (tertiary/aromatic N) is 1. The molecule has 1 saturated heterocycles. The summed E-state index contributed by atoms with van der Waals surface area (Å²) < 4.78 is 27.2. The van der Waals surface area contributed by atoms with E-state index in [0.717, 1.165) is 0 Å². The topological polar surface area (TPSA) is 52.6 Å². The Bertz CT molecular complexity index is 803. The predicted molar refractivity (Wildman–Crippen MR) is 99.7 cm³/mol. The summed E-state index contributed by atoms with van der Waals surface area (Å²) in [5, 5.41) is 13.5. The SMILES string of the molecule is O=C(NCCN1CCC(O)(c2cccc(F)c2)CC1)c1c(F)cccc1Cl. The largest absolute Gasteiger partial charge is 0.385 e. The molecule has 1 aliphatic rings. The summed E-state index contributed by atoms with van der Waals surface area (Å²) in [5.41, 5.74) is -0.606. The van der Waals surface area contributed by atoms with E-state index in [9.17, 15) is 18.7 Å². The van der Waals surface area contributed by atoms with Crippen molar-refractivity contribution in [3.63, 3.8) is 0 Å². The zero-order chi connectivity index (χ0) is 19.4. The van der Waals surface area contributed by atoms with E-state index in [2.05, 4.69) is 10.2 Å². The Labute approximate surface area is 161 Å². The number of piperidine rings is 1. The van der Waals surface area contributed by atoms with E-state index in [4.69, 9.17) is 11.6 Å². The molecule has 0 aromatic heterocycles. The van der Waals surface area contributed by atoms with Crippen molar-refractivity contribution >= 4 is 17.5 Å². The molecule has 27 heavy (non-hydrogen) atoms. The number of rotatable bonds is 5. The molecule has 7 heteroatoms. The fourth-order valence-electron chi connectivity index (χ4n) is 3.34. The standard InChI is InChI=1S/C20H21ClF2N2O2/c21-16-5-2-6-17(23)18(16)19(26)24-9-12-25-10-7-20(27,8-11-25)14-3-1-4-15(22)13-14/h1-6,13,27H,7-12H2,(H,24,26). The van der Waals surface area contributed by atoms with Gasteiger partial charge < -0.3 is 15.3 Å². The van der Waals surface area contributed by atoms with Gasteiger partial charge in [-0.15, -0.1) is 0 Å². The molecule has 144 valence electrons. The second kappa shape index (κ2) is 8.33. The third-order valence-corrected chi connectivity index (χ3v) is 5.26. The van der Waals surface area contributed by atoms with Gasteiger partial charge in [0, 0.05) is 26.2 Å². The van der Waals surface area contributed by atoms with Gasteiger partial charge in [0.25, 0.3) is 5.91 Å². The van der Waals surface area contributed by atoms with E-state index in [0.29, 0.717) is 44.6 Å². The second-order valence-electron chi connectivity index (χ2n) is 6.74. The number of amides is 1. The van der Waals surface area contributed by atoms with Crippen molar-refractivity contribution in [1.82, 2.24) is 10.2 Å². The normalized spacial score (nSPS) is 16.9. The van der Waals surface area contributed by atoms with Crippen LogP contribution in [0.2, 0.25) is 5.02 Å². The number of carbonyl (C=O) groups is 1. The number of halogens is 3. The summed E-state index contributed by atoms with van der Waals surface area (Å²) >= 11 is 5.89. The van der Waals surface area contributed by atoms with E-state index in [1.807, 2.05) is 0 Å². The van der Waals surface area contributed by atoms with Crippen LogP contribution in [0.4, 0.5) is 8.78 Å². The van der Waals surface area contributed by atoms with Crippen LogP contribution < -0.4 is 5.32 Å². The lowest BCUT2D eigenvalue weighted by molar-refractivity contribution is -0.0257. The molecule has 0 saturated carbocycles. The maximum absolute atomic E-state index is 13.7. The van der Waals surface area contributed by atoms with E-state index >= 15 is 0 Å². The van der Waals surface area contributed by atoms with Crippen LogP contribution >= 0.6 is 11.6 Å². The van der Waals surface area contributed by atoms with Crippen LogP contribution in [0, 0.1) is 11.6 Å². The summed E-state index contributed by atoms with van der Waals surface area (Å²) in [6.07, 6.45) is 0.951. The van der Waals surface area contributed by atoms with E-state index in [1.54, 1.807) is 12.1 Å². The quantitative estimate of drug-likeness (QED) is 0.817. The zero-order valence-corrected chi connectivity index (χ0v) is 15.5. The Morgan fingerprint density at radius 1 is 1.19 bits per heavy atom. The fraction of sp³-hybridized carbons (Fsp3) is 0.350. The Hall–Kier alpha value is -2.02. The van der Waals surface area contributed by atoms with Crippen molar-refractivity contribution in [2.75, 3.05) is 26.2 Å². The van der Waals surface area contributed by atoms with E-state index in [1.165, 1.54) is 30.3 Å². The van der Waals surface area contributed by atoms with Gasteiger partial charge in [-0.05, 0) is 42.7 Å². The Balaban J connectivity index is 1.49. The molecule has 1 fully saturated rings. The van der Waals surface area contributed by atoms with Gasteiger partial charge in [-0.2, -0.15) is 0 Å². The van der Waals surface area contributed by atoms with Gasteiger partial charge in [0.1, 0.15) is 11.6 Å². The monoisotopic (exact) mass is 394 g/mol. The summed E-state index contributed by atoms with van der Waals surface area (Å²) in [5.74, 6) is -1.57. The van der Waals surface area contributed by atoms with Crippen LogP contribution in [-0.4, -0.2) is 42.1 Å². The van der Waals surface area contributed by atoms with Gasteiger partial charge in [0.15, 0.2) is 0 Å². The van der Waals surface area contributed by atoms with Gasteiger partial charge >= 0.3 is 0 Å². The maximum atomic E-state index is 13.7. The number of aliphatic hydroxyl groups is 1. The molecule has 1 amide bonds. The first-order chi connectivity index (χ1) is 12.9. The number of benzene rings is 2. The highest BCUT2D eigenvalue weighted by atomic mass is 35.5. The molecule has 0 spiro atoms. The second-order valence-corrected chi connectivity index (χ2v) is 7.14. The first-order valence-corrected chi connectivity index (χ1v) is 9.20. The Kier molecular flexibility index (Phi) is 6.09.